The molecule has 0 unspecified atom stereocenters. The Morgan fingerprint density at radius 2 is 2.04 bits per heavy atom. The van der Waals surface area contributed by atoms with E-state index in [2.05, 4.69) is 33.8 Å². The Balaban J connectivity index is 1.60. The molecule has 134 valence electrons. The van der Waals surface area contributed by atoms with Crippen molar-refractivity contribution >= 4 is 35.0 Å². The van der Waals surface area contributed by atoms with Gasteiger partial charge in [-0.05, 0) is 59.7 Å². The number of hydrogen-bond acceptors (Lipinski definition) is 5. The van der Waals surface area contributed by atoms with Crippen molar-refractivity contribution in [2.75, 3.05) is 11.1 Å². The Kier molecular flexibility index (Phi) is 5.90. The van der Waals surface area contributed by atoms with E-state index in [-0.39, 0.29) is 5.91 Å². The van der Waals surface area contributed by atoms with Crippen LogP contribution in [-0.2, 0) is 4.79 Å². The number of benzene rings is 2. The second-order valence-electron chi connectivity index (χ2n) is 5.75. The van der Waals surface area contributed by atoms with Gasteiger partial charge in [0.2, 0.25) is 11.1 Å². The van der Waals surface area contributed by atoms with Crippen LogP contribution in [0.1, 0.15) is 17.5 Å². The number of aromatic nitrogens is 4. The second kappa shape index (κ2) is 8.33. The molecule has 6 nitrogen and oxygen atoms in total. The van der Waals surface area contributed by atoms with Gasteiger partial charge in [0.05, 0.1) is 5.69 Å². The van der Waals surface area contributed by atoms with E-state index >= 15 is 0 Å². The number of carbonyl (C=O) groups excluding carboxylic acids is 1. The van der Waals surface area contributed by atoms with Crippen molar-refractivity contribution in [1.29, 1.82) is 0 Å². The van der Waals surface area contributed by atoms with Crippen LogP contribution < -0.4 is 5.32 Å². The van der Waals surface area contributed by atoms with E-state index in [1.165, 1.54) is 17.3 Å². The van der Waals surface area contributed by atoms with Crippen LogP contribution in [0, 0.1) is 13.8 Å². The smallest absolute Gasteiger partial charge is 0.225 e. The third-order valence-corrected chi connectivity index (χ3v) is 5.07. The molecule has 0 fully saturated rings. The van der Waals surface area contributed by atoms with Gasteiger partial charge in [-0.2, -0.15) is 4.68 Å². The minimum absolute atomic E-state index is 0.0782. The van der Waals surface area contributed by atoms with Crippen molar-refractivity contribution in [3.8, 4) is 5.69 Å². The predicted octanol–water partition coefficient (Wildman–Crippen LogP) is 4.05. The molecule has 26 heavy (non-hydrogen) atoms. The van der Waals surface area contributed by atoms with Crippen LogP contribution in [0.2, 0.25) is 5.02 Å². The van der Waals surface area contributed by atoms with Crippen molar-refractivity contribution < 1.29 is 4.79 Å². The van der Waals surface area contributed by atoms with Gasteiger partial charge in [-0.15, -0.1) is 5.10 Å². The quantitative estimate of drug-likeness (QED) is 0.646. The van der Waals surface area contributed by atoms with Crippen molar-refractivity contribution in [2.24, 2.45) is 0 Å². The highest BCUT2D eigenvalue weighted by Crippen LogP contribution is 2.23. The fourth-order valence-electron chi connectivity index (χ4n) is 2.41. The van der Waals surface area contributed by atoms with Gasteiger partial charge >= 0.3 is 0 Å². The molecule has 1 amide bonds. The topological polar surface area (TPSA) is 72.7 Å². The highest BCUT2D eigenvalue weighted by Gasteiger charge is 2.13. The number of amides is 1. The lowest BCUT2D eigenvalue weighted by Gasteiger charge is -2.09. The highest BCUT2D eigenvalue weighted by molar-refractivity contribution is 7.99. The molecule has 0 spiro atoms. The zero-order valence-electron chi connectivity index (χ0n) is 14.4. The van der Waals surface area contributed by atoms with Crippen LogP contribution in [0.15, 0.2) is 47.6 Å². The van der Waals surface area contributed by atoms with Crippen molar-refractivity contribution in [1.82, 2.24) is 20.2 Å². The van der Waals surface area contributed by atoms with E-state index in [4.69, 9.17) is 11.6 Å². The maximum atomic E-state index is 12.1. The first-order valence-corrected chi connectivity index (χ1v) is 9.44. The number of nitrogens with zero attached hydrogens (tertiary/aromatic N) is 4. The number of anilines is 1. The van der Waals surface area contributed by atoms with Crippen LogP contribution in [0.4, 0.5) is 5.69 Å². The Bertz CT molecular complexity index is 927. The Hall–Kier alpha value is -2.38. The number of nitrogens with one attached hydrogen (secondary N) is 1. The molecule has 1 aromatic heterocycles. The first-order valence-electron chi connectivity index (χ1n) is 8.08. The normalized spacial score (nSPS) is 10.7. The summed E-state index contributed by atoms with van der Waals surface area (Å²) in [7, 11) is 0. The van der Waals surface area contributed by atoms with Crippen molar-refractivity contribution in [3.63, 3.8) is 0 Å². The monoisotopic (exact) mass is 387 g/mol. The molecule has 0 saturated heterocycles. The average molecular weight is 388 g/mol. The number of carbonyl (C=O) groups is 1. The molecule has 0 aliphatic heterocycles. The molecule has 3 aromatic rings. The summed E-state index contributed by atoms with van der Waals surface area (Å²) in [6.07, 6.45) is 0.344. The standard InChI is InChI=1S/C18H18ClN5OS/c1-12-5-3-8-16(13(12)2)24-18(21-22-23-24)26-10-9-17(25)20-15-7-4-6-14(19)11-15/h3-8,11H,9-10H2,1-2H3,(H,20,25). The Morgan fingerprint density at radius 3 is 2.85 bits per heavy atom. The number of tetrazole rings is 1. The summed E-state index contributed by atoms with van der Waals surface area (Å²) in [5.41, 5.74) is 3.93. The summed E-state index contributed by atoms with van der Waals surface area (Å²) in [5.74, 6) is 0.489. The summed E-state index contributed by atoms with van der Waals surface area (Å²) in [6.45, 7) is 4.09. The van der Waals surface area contributed by atoms with Crippen molar-refractivity contribution in [3.05, 3.63) is 58.6 Å². The largest absolute Gasteiger partial charge is 0.326 e. The summed E-state index contributed by atoms with van der Waals surface area (Å²) in [5, 5.41) is 16.0. The number of thioether (sulfide) groups is 1. The molecular weight excluding hydrogens is 370 g/mol. The summed E-state index contributed by atoms with van der Waals surface area (Å²) >= 11 is 7.36. The summed E-state index contributed by atoms with van der Waals surface area (Å²) in [4.78, 5) is 12.1. The molecule has 0 saturated carbocycles. The zero-order valence-corrected chi connectivity index (χ0v) is 16.0. The minimum Gasteiger partial charge on any atom is -0.326 e. The summed E-state index contributed by atoms with van der Waals surface area (Å²) in [6, 6.07) is 13.1. The molecular formula is C18H18ClN5OS. The van der Waals surface area contributed by atoms with Crippen LogP contribution in [-0.4, -0.2) is 31.9 Å². The van der Waals surface area contributed by atoms with E-state index in [0.29, 0.717) is 28.0 Å². The predicted molar refractivity (Wildman–Crippen MR) is 104 cm³/mol. The molecule has 0 radical (unpaired) electrons. The SMILES string of the molecule is Cc1cccc(-n2nnnc2SCCC(=O)Nc2cccc(Cl)c2)c1C. The second-order valence-corrected chi connectivity index (χ2v) is 7.25. The van der Waals surface area contributed by atoms with Crippen LogP contribution in [0.5, 0.6) is 0 Å². The maximum Gasteiger partial charge on any atom is 0.225 e. The number of halogens is 1. The van der Waals surface area contributed by atoms with Gasteiger partial charge in [0, 0.05) is 22.9 Å². The molecule has 8 heteroatoms. The third kappa shape index (κ3) is 4.42. The minimum atomic E-state index is -0.0782. The molecule has 1 N–H and O–H groups in total. The molecule has 1 heterocycles. The van der Waals surface area contributed by atoms with Gasteiger partial charge in [0.1, 0.15) is 0 Å². The fraction of sp³-hybridized carbons (Fsp3) is 0.222. The van der Waals surface area contributed by atoms with E-state index in [9.17, 15) is 4.79 Å². The lowest BCUT2D eigenvalue weighted by Crippen LogP contribution is -2.12. The Morgan fingerprint density at radius 1 is 1.23 bits per heavy atom. The van der Waals surface area contributed by atoms with Crippen LogP contribution in [0.3, 0.4) is 0 Å². The molecule has 0 atom stereocenters. The van der Waals surface area contributed by atoms with Crippen LogP contribution >= 0.6 is 23.4 Å². The number of rotatable bonds is 6. The average Bonchev–Trinajstić information content (AvgIpc) is 3.05. The van der Waals surface area contributed by atoms with Gasteiger partial charge in [-0.1, -0.05) is 41.6 Å². The van der Waals surface area contributed by atoms with E-state index in [1.807, 2.05) is 19.1 Å². The molecule has 0 aliphatic carbocycles. The van der Waals surface area contributed by atoms with E-state index < -0.39 is 0 Å². The van der Waals surface area contributed by atoms with Crippen molar-refractivity contribution in [2.45, 2.75) is 25.4 Å². The van der Waals surface area contributed by atoms with Gasteiger partial charge in [-0.3, -0.25) is 4.79 Å². The molecule has 0 aliphatic rings. The molecule has 3 rings (SSSR count). The van der Waals surface area contributed by atoms with Gasteiger partial charge in [0.15, 0.2) is 0 Å². The first-order chi connectivity index (χ1) is 12.5. The first kappa shape index (κ1) is 18.4. The lowest BCUT2D eigenvalue weighted by atomic mass is 10.1. The highest BCUT2D eigenvalue weighted by atomic mass is 35.5. The van der Waals surface area contributed by atoms with Gasteiger partial charge in [0.25, 0.3) is 0 Å². The number of hydrogen-bond donors (Lipinski definition) is 1. The van der Waals surface area contributed by atoms with E-state index in [1.54, 1.807) is 28.9 Å². The molecule has 0 bridgehead atoms. The van der Waals surface area contributed by atoms with Gasteiger partial charge in [-0.25, -0.2) is 0 Å². The number of aryl methyl sites for hydroxylation is 1. The zero-order chi connectivity index (χ0) is 18.5. The van der Waals surface area contributed by atoms with Gasteiger partial charge < -0.3 is 5.32 Å². The summed E-state index contributed by atoms with van der Waals surface area (Å²) < 4.78 is 1.71. The van der Waals surface area contributed by atoms with Crippen LogP contribution in [0.25, 0.3) is 5.69 Å². The molecule has 2 aromatic carbocycles. The Labute approximate surface area is 160 Å². The maximum absolute atomic E-state index is 12.1. The third-order valence-electron chi connectivity index (χ3n) is 3.91. The lowest BCUT2D eigenvalue weighted by molar-refractivity contribution is -0.115. The van der Waals surface area contributed by atoms with E-state index in [0.717, 1.165) is 11.3 Å². The fourth-order valence-corrected chi connectivity index (χ4v) is 3.42.